The first-order valence-electron chi connectivity index (χ1n) is 8.29. The van der Waals surface area contributed by atoms with E-state index in [0.29, 0.717) is 11.5 Å². The Morgan fingerprint density at radius 3 is 2.17 bits per heavy atom. The van der Waals surface area contributed by atoms with Gasteiger partial charge in [0.05, 0.1) is 17.0 Å². The molecule has 124 valence electrons. The van der Waals surface area contributed by atoms with Gasteiger partial charge < -0.3 is 4.84 Å². The summed E-state index contributed by atoms with van der Waals surface area (Å²) in [6, 6.07) is 6.48. The van der Waals surface area contributed by atoms with Crippen LogP contribution >= 0.6 is 0 Å². The van der Waals surface area contributed by atoms with Crippen molar-refractivity contribution in [3.8, 4) is 0 Å². The van der Waals surface area contributed by atoms with E-state index in [-0.39, 0.29) is 17.0 Å². The number of hydroxylamine groups is 2. The predicted octanol–water partition coefficient (Wildman–Crippen LogP) is 3.74. The second kappa shape index (κ2) is 7.90. The Labute approximate surface area is 136 Å². The Bertz CT molecular complexity index is 561. The van der Waals surface area contributed by atoms with Crippen LogP contribution in [0, 0.1) is 5.92 Å². The molecular formula is C18H23NO4. The van der Waals surface area contributed by atoms with Crippen molar-refractivity contribution >= 4 is 17.8 Å². The molecule has 1 heterocycles. The third kappa shape index (κ3) is 3.78. The summed E-state index contributed by atoms with van der Waals surface area (Å²) in [7, 11) is 0. The van der Waals surface area contributed by atoms with Gasteiger partial charge in [-0.2, -0.15) is 0 Å². The van der Waals surface area contributed by atoms with Crippen LogP contribution in [0.4, 0.5) is 0 Å². The summed E-state index contributed by atoms with van der Waals surface area (Å²) in [5, 5.41) is 0.599. The Hall–Kier alpha value is -2.17. The van der Waals surface area contributed by atoms with Gasteiger partial charge in [0.1, 0.15) is 0 Å². The first-order chi connectivity index (χ1) is 11.1. The highest BCUT2D eigenvalue weighted by Gasteiger charge is 2.39. The number of unbranched alkanes of at least 4 members (excludes halogenated alkanes) is 3. The van der Waals surface area contributed by atoms with Crippen LogP contribution < -0.4 is 0 Å². The van der Waals surface area contributed by atoms with Crippen LogP contribution in [0.15, 0.2) is 24.3 Å². The molecule has 0 radical (unpaired) electrons. The van der Waals surface area contributed by atoms with E-state index in [1.54, 1.807) is 24.3 Å². The highest BCUT2D eigenvalue weighted by atomic mass is 16.7. The largest absolute Gasteiger partial charge is 0.336 e. The SMILES string of the molecule is CCCCCCC(CC)C(=O)ON1C(=O)c2ccccc2C1=O. The van der Waals surface area contributed by atoms with Gasteiger partial charge in [-0.25, -0.2) is 4.79 Å². The monoisotopic (exact) mass is 317 g/mol. The Kier molecular flexibility index (Phi) is 5.90. The van der Waals surface area contributed by atoms with Gasteiger partial charge in [0.15, 0.2) is 0 Å². The van der Waals surface area contributed by atoms with Gasteiger partial charge in [0.2, 0.25) is 0 Å². The third-order valence-corrected chi connectivity index (χ3v) is 4.17. The van der Waals surface area contributed by atoms with E-state index in [1.807, 2.05) is 6.92 Å². The lowest BCUT2D eigenvalue weighted by molar-refractivity contribution is -0.174. The van der Waals surface area contributed by atoms with Crippen molar-refractivity contribution in [1.82, 2.24) is 5.06 Å². The summed E-state index contributed by atoms with van der Waals surface area (Å²) in [4.78, 5) is 41.8. The fourth-order valence-electron chi connectivity index (χ4n) is 2.72. The maximum Gasteiger partial charge on any atom is 0.336 e. The molecule has 0 saturated heterocycles. The normalized spacial score (nSPS) is 14.8. The number of fused-ring (bicyclic) bond motifs is 1. The number of imide groups is 1. The zero-order valence-corrected chi connectivity index (χ0v) is 13.7. The fraction of sp³-hybridized carbons (Fsp3) is 0.500. The summed E-state index contributed by atoms with van der Waals surface area (Å²) in [6.07, 6.45) is 5.66. The van der Waals surface area contributed by atoms with Gasteiger partial charge in [0, 0.05) is 0 Å². The van der Waals surface area contributed by atoms with Crippen LogP contribution in [0.1, 0.15) is 73.1 Å². The molecular weight excluding hydrogens is 294 g/mol. The molecule has 0 bridgehead atoms. The molecule has 0 spiro atoms. The van der Waals surface area contributed by atoms with Gasteiger partial charge in [-0.05, 0) is 25.0 Å². The minimum atomic E-state index is -0.570. The van der Waals surface area contributed by atoms with Gasteiger partial charge >= 0.3 is 5.97 Å². The van der Waals surface area contributed by atoms with Crippen molar-refractivity contribution in [3.63, 3.8) is 0 Å². The molecule has 0 aromatic heterocycles. The number of rotatable bonds is 8. The van der Waals surface area contributed by atoms with E-state index in [9.17, 15) is 14.4 Å². The molecule has 23 heavy (non-hydrogen) atoms. The number of benzene rings is 1. The smallest absolute Gasteiger partial charge is 0.329 e. The Morgan fingerprint density at radius 1 is 1.04 bits per heavy atom. The lowest BCUT2D eigenvalue weighted by Gasteiger charge is -2.17. The molecule has 1 aromatic rings. The van der Waals surface area contributed by atoms with Crippen molar-refractivity contribution in [2.45, 2.75) is 52.4 Å². The summed E-state index contributed by atoms with van der Waals surface area (Å²) < 4.78 is 0. The molecule has 1 aliphatic rings. The summed E-state index contributed by atoms with van der Waals surface area (Å²) >= 11 is 0. The summed E-state index contributed by atoms with van der Waals surface area (Å²) in [5.41, 5.74) is 0.558. The minimum Gasteiger partial charge on any atom is -0.329 e. The van der Waals surface area contributed by atoms with E-state index in [0.717, 1.165) is 32.1 Å². The molecule has 1 unspecified atom stereocenters. The zero-order valence-electron chi connectivity index (χ0n) is 13.7. The van der Waals surface area contributed by atoms with Crippen molar-refractivity contribution in [2.75, 3.05) is 0 Å². The zero-order chi connectivity index (χ0) is 16.8. The van der Waals surface area contributed by atoms with E-state index in [1.165, 1.54) is 0 Å². The lowest BCUT2D eigenvalue weighted by atomic mass is 9.98. The molecule has 1 aromatic carbocycles. The second-order valence-electron chi connectivity index (χ2n) is 5.82. The highest BCUT2D eigenvalue weighted by Crippen LogP contribution is 2.24. The van der Waals surface area contributed by atoms with Crippen molar-refractivity contribution < 1.29 is 19.2 Å². The second-order valence-corrected chi connectivity index (χ2v) is 5.82. The molecule has 0 N–H and O–H groups in total. The third-order valence-electron chi connectivity index (χ3n) is 4.17. The number of amides is 2. The van der Waals surface area contributed by atoms with Crippen molar-refractivity contribution in [1.29, 1.82) is 0 Å². The average molecular weight is 317 g/mol. The van der Waals surface area contributed by atoms with Crippen LogP contribution in [-0.2, 0) is 9.63 Å². The maximum atomic E-state index is 12.3. The lowest BCUT2D eigenvalue weighted by Crippen LogP contribution is -2.35. The van der Waals surface area contributed by atoms with E-state index >= 15 is 0 Å². The van der Waals surface area contributed by atoms with Gasteiger partial charge in [-0.3, -0.25) is 9.59 Å². The molecule has 2 rings (SSSR count). The molecule has 5 heteroatoms. The molecule has 0 fully saturated rings. The molecule has 5 nitrogen and oxygen atoms in total. The van der Waals surface area contributed by atoms with Crippen LogP contribution in [-0.4, -0.2) is 22.8 Å². The standard InChI is InChI=1S/C18H23NO4/c1-3-5-6-7-10-13(4-2)18(22)23-19-16(20)14-11-8-9-12-15(14)17(19)21/h8-9,11-13H,3-7,10H2,1-2H3. The van der Waals surface area contributed by atoms with Gasteiger partial charge in [-0.15, -0.1) is 0 Å². The molecule has 1 atom stereocenters. The van der Waals surface area contributed by atoms with E-state index in [4.69, 9.17) is 4.84 Å². The van der Waals surface area contributed by atoms with Crippen LogP contribution in [0.5, 0.6) is 0 Å². The highest BCUT2D eigenvalue weighted by molar-refractivity contribution is 6.20. The van der Waals surface area contributed by atoms with Crippen LogP contribution in [0.25, 0.3) is 0 Å². The summed E-state index contributed by atoms with van der Waals surface area (Å²) in [5.74, 6) is -1.92. The number of nitrogens with zero attached hydrogens (tertiary/aromatic N) is 1. The number of hydrogen-bond acceptors (Lipinski definition) is 4. The van der Waals surface area contributed by atoms with Gasteiger partial charge in [-0.1, -0.05) is 56.7 Å². The molecule has 2 amide bonds. The first-order valence-corrected chi connectivity index (χ1v) is 8.29. The minimum absolute atomic E-state index is 0.279. The fourth-order valence-corrected chi connectivity index (χ4v) is 2.72. The average Bonchev–Trinajstić information content (AvgIpc) is 2.80. The maximum absolute atomic E-state index is 12.3. The number of hydrogen-bond donors (Lipinski definition) is 0. The topological polar surface area (TPSA) is 63.7 Å². The molecule has 0 aliphatic carbocycles. The Morgan fingerprint density at radius 2 is 1.65 bits per heavy atom. The number of carbonyl (C=O) groups excluding carboxylic acids is 3. The van der Waals surface area contributed by atoms with Crippen LogP contribution in [0.3, 0.4) is 0 Å². The summed E-state index contributed by atoms with van der Waals surface area (Å²) in [6.45, 7) is 4.04. The Balaban J connectivity index is 1.97. The van der Waals surface area contributed by atoms with E-state index in [2.05, 4.69) is 6.92 Å². The van der Waals surface area contributed by atoms with Gasteiger partial charge in [0.25, 0.3) is 11.8 Å². The van der Waals surface area contributed by atoms with Crippen molar-refractivity contribution in [3.05, 3.63) is 35.4 Å². The van der Waals surface area contributed by atoms with Crippen LogP contribution in [0.2, 0.25) is 0 Å². The van der Waals surface area contributed by atoms with E-state index < -0.39 is 17.8 Å². The molecule has 1 aliphatic heterocycles. The quantitative estimate of drug-likeness (QED) is 0.541. The van der Waals surface area contributed by atoms with Crippen molar-refractivity contribution in [2.24, 2.45) is 5.92 Å². The first kappa shape index (κ1) is 17.2. The number of carbonyl (C=O) groups is 3. The molecule has 0 saturated carbocycles. The predicted molar refractivity (Wildman–Crippen MR) is 85.6 cm³/mol.